The minimum absolute atomic E-state index is 0.181. The Labute approximate surface area is 82.5 Å². The number of carbonyl (C=O) groups excluding carboxylic acids is 2. The Hall–Kier alpha value is -1.42. The molecular formula is C10H13NO3. The summed E-state index contributed by atoms with van der Waals surface area (Å²) >= 11 is 0. The van der Waals surface area contributed by atoms with Gasteiger partial charge in [0.1, 0.15) is 0 Å². The number of hydroxylamine groups is 2. The molecule has 0 saturated carbocycles. The Balaban J connectivity index is 0.000000461. The minimum atomic E-state index is -0.606. The van der Waals surface area contributed by atoms with Gasteiger partial charge in [0, 0.05) is 5.57 Å². The number of allylic oxidation sites excluding steroid dienone is 1. The van der Waals surface area contributed by atoms with E-state index in [-0.39, 0.29) is 5.06 Å². The van der Waals surface area contributed by atoms with Crippen molar-refractivity contribution in [2.45, 2.75) is 26.7 Å². The number of hydrogen-bond donors (Lipinski definition) is 1. The van der Waals surface area contributed by atoms with E-state index in [0.717, 1.165) is 6.42 Å². The van der Waals surface area contributed by atoms with Crippen molar-refractivity contribution >= 4 is 11.8 Å². The molecule has 0 aromatic heterocycles. The molecule has 1 aliphatic carbocycles. The van der Waals surface area contributed by atoms with Crippen LogP contribution < -0.4 is 0 Å². The third kappa shape index (κ3) is 1.48. The largest absolute Gasteiger partial charge is 0.285 e. The minimum Gasteiger partial charge on any atom is -0.278 e. The Morgan fingerprint density at radius 2 is 1.93 bits per heavy atom. The van der Waals surface area contributed by atoms with E-state index in [1.807, 2.05) is 19.9 Å². The maximum atomic E-state index is 11.1. The first-order valence-corrected chi connectivity index (χ1v) is 4.69. The van der Waals surface area contributed by atoms with Gasteiger partial charge >= 0.3 is 0 Å². The molecular weight excluding hydrogens is 182 g/mol. The fourth-order valence-corrected chi connectivity index (χ4v) is 1.42. The second kappa shape index (κ2) is 4.19. The van der Waals surface area contributed by atoms with Crippen LogP contribution >= 0.6 is 0 Å². The van der Waals surface area contributed by atoms with E-state index in [4.69, 9.17) is 5.21 Å². The summed E-state index contributed by atoms with van der Waals surface area (Å²) < 4.78 is 0. The molecule has 0 unspecified atom stereocenters. The topological polar surface area (TPSA) is 57.6 Å². The highest BCUT2D eigenvalue weighted by atomic mass is 16.5. The van der Waals surface area contributed by atoms with E-state index in [1.165, 1.54) is 0 Å². The number of imide groups is 1. The van der Waals surface area contributed by atoms with Crippen molar-refractivity contribution < 1.29 is 14.8 Å². The highest BCUT2D eigenvalue weighted by Crippen LogP contribution is 2.27. The summed E-state index contributed by atoms with van der Waals surface area (Å²) in [6.07, 6.45) is 4.72. The molecule has 1 aliphatic heterocycles. The molecule has 2 aliphatic rings. The molecule has 4 nitrogen and oxygen atoms in total. The molecule has 0 atom stereocenters. The SMILES string of the molecule is CC.O=C1C2=C(CCC=C2)C(=O)N1O. The van der Waals surface area contributed by atoms with E-state index in [9.17, 15) is 9.59 Å². The summed E-state index contributed by atoms with van der Waals surface area (Å²) in [7, 11) is 0. The van der Waals surface area contributed by atoms with E-state index in [2.05, 4.69) is 0 Å². The summed E-state index contributed by atoms with van der Waals surface area (Å²) in [6, 6.07) is 0. The van der Waals surface area contributed by atoms with Crippen LogP contribution in [0.4, 0.5) is 0 Å². The van der Waals surface area contributed by atoms with E-state index in [0.29, 0.717) is 17.6 Å². The van der Waals surface area contributed by atoms with Gasteiger partial charge in [-0.3, -0.25) is 14.8 Å². The summed E-state index contributed by atoms with van der Waals surface area (Å²) in [5.41, 5.74) is 0.777. The average Bonchev–Trinajstić information content (AvgIpc) is 2.48. The molecule has 76 valence electrons. The number of rotatable bonds is 0. The molecule has 0 saturated heterocycles. The lowest BCUT2D eigenvalue weighted by Gasteiger charge is -2.02. The van der Waals surface area contributed by atoms with E-state index >= 15 is 0 Å². The summed E-state index contributed by atoms with van der Waals surface area (Å²) in [4.78, 5) is 22.2. The summed E-state index contributed by atoms with van der Waals surface area (Å²) in [5, 5.41) is 9.14. The standard InChI is InChI=1S/C8H7NO3.C2H6/c10-7-5-3-1-2-4-6(5)8(11)9(7)12;1-2/h1,3,12H,2,4H2;1-2H3. The van der Waals surface area contributed by atoms with Crippen molar-refractivity contribution in [2.24, 2.45) is 0 Å². The van der Waals surface area contributed by atoms with Gasteiger partial charge in [0.05, 0.1) is 5.57 Å². The predicted octanol–water partition coefficient (Wildman–Crippen LogP) is 1.42. The van der Waals surface area contributed by atoms with Gasteiger partial charge in [0.15, 0.2) is 0 Å². The van der Waals surface area contributed by atoms with Gasteiger partial charge in [0.2, 0.25) is 0 Å². The smallest absolute Gasteiger partial charge is 0.278 e. The van der Waals surface area contributed by atoms with Crippen molar-refractivity contribution in [3.05, 3.63) is 23.3 Å². The maximum absolute atomic E-state index is 11.1. The number of carbonyl (C=O) groups is 2. The van der Waals surface area contributed by atoms with E-state index < -0.39 is 11.8 Å². The molecule has 4 heteroatoms. The molecule has 0 aromatic carbocycles. The van der Waals surface area contributed by atoms with Gasteiger partial charge in [-0.15, -0.1) is 5.06 Å². The van der Waals surface area contributed by atoms with Crippen LogP contribution in [0, 0.1) is 0 Å². The zero-order valence-corrected chi connectivity index (χ0v) is 8.28. The predicted molar refractivity (Wildman–Crippen MR) is 50.4 cm³/mol. The summed E-state index contributed by atoms with van der Waals surface area (Å²) in [6.45, 7) is 4.00. The second-order valence-corrected chi connectivity index (χ2v) is 2.76. The number of hydrogen-bond acceptors (Lipinski definition) is 3. The molecule has 1 heterocycles. The number of amides is 2. The first kappa shape index (κ1) is 10.7. The number of nitrogens with zero attached hydrogens (tertiary/aromatic N) is 1. The lowest BCUT2D eigenvalue weighted by molar-refractivity contribution is -0.170. The van der Waals surface area contributed by atoms with Crippen LogP contribution in [0.5, 0.6) is 0 Å². The quantitative estimate of drug-likeness (QED) is 0.469. The molecule has 0 bridgehead atoms. The van der Waals surface area contributed by atoms with Gasteiger partial charge in [0.25, 0.3) is 11.8 Å². The highest BCUT2D eigenvalue weighted by molar-refractivity contribution is 6.19. The first-order valence-electron chi connectivity index (χ1n) is 4.69. The molecule has 0 spiro atoms. The average molecular weight is 195 g/mol. The zero-order valence-electron chi connectivity index (χ0n) is 8.28. The Kier molecular flexibility index (Phi) is 3.19. The van der Waals surface area contributed by atoms with Gasteiger partial charge in [-0.05, 0) is 12.8 Å². The summed E-state index contributed by atoms with van der Waals surface area (Å²) in [5.74, 6) is -1.18. The monoisotopic (exact) mass is 195 g/mol. The lowest BCUT2D eigenvalue weighted by atomic mass is 10.00. The zero-order chi connectivity index (χ0) is 10.7. The molecule has 0 radical (unpaired) electrons. The van der Waals surface area contributed by atoms with Crippen molar-refractivity contribution in [3.8, 4) is 0 Å². The van der Waals surface area contributed by atoms with Crippen LogP contribution in [0.15, 0.2) is 23.3 Å². The van der Waals surface area contributed by atoms with Gasteiger partial charge in [-0.2, -0.15) is 0 Å². The third-order valence-corrected chi connectivity index (χ3v) is 2.04. The van der Waals surface area contributed by atoms with Crippen molar-refractivity contribution in [2.75, 3.05) is 0 Å². The van der Waals surface area contributed by atoms with Crippen molar-refractivity contribution in [3.63, 3.8) is 0 Å². The lowest BCUT2D eigenvalue weighted by Crippen LogP contribution is -2.27. The molecule has 0 aromatic rings. The Morgan fingerprint density at radius 1 is 1.29 bits per heavy atom. The van der Waals surface area contributed by atoms with Gasteiger partial charge in [-0.1, -0.05) is 26.0 Å². The van der Waals surface area contributed by atoms with Crippen LogP contribution in [-0.4, -0.2) is 22.1 Å². The van der Waals surface area contributed by atoms with Crippen LogP contribution in [0.1, 0.15) is 26.7 Å². The van der Waals surface area contributed by atoms with Crippen LogP contribution in [0.3, 0.4) is 0 Å². The Bertz CT molecular complexity index is 328. The van der Waals surface area contributed by atoms with Crippen LogP contribution in [-0.2, 0) is 9.59 Å². The van der Waals surface area contributed by atoms with Crippen LogP contribution in [0.2, 0.25) is 0 Å². The van der Waals surface area contributed by atoms with Crippen molar-refractivity contribution in [1.82, 2.24) is 5.06 Å². The fourth-order valence-electron chi connectivity index (χ4n) is 1.42. The second-order valence-electron chi connectivity index (χ2n) is 2.76. The maximum Gasteiger partial charge on any atom is 0.285 e. The molecule has 2 rings (SSSR count). The first-order chi connectivity index (χ1) is 6.72. The molecule has 0 fully saturated rings. The van der Waals surface area contributed by atoms with Crippen molar-refractivity contribution in [1.29, 1.82) is 0 Å². The van der Waals surface area contributed by atoms with Gasteiger partial charge < -0.3 is 0 Å². The molecule has 14 heavy (non-hydrogen) atoms. The molecule has 2 amide bonds. The highest BCUT2D eigenvalue weighted by Gasteiger charge is 2.36. The fraction of sp³-hybridized carbons (Fsp3) is 0.400. The normalized spacial score (nSPS) is 19.5. The molecule has 1 N–H and O–H groups in total. The van der Waals surface area contributed by atoms with Gasteiger partial charge in [-0.25, -0.2) is 0 Å². The Morgan fingerprint density at radius 3 is 2.50 bits per heavy atom. The third-order valence-electron chi connectivity index (χ3n) is 2.04. The van der Waals surface area contributed by atoms with E-state index in [1.54, 1.807) is 6.08 Å². The van der Waals surface area contributed by atoms with Crippen LogP contribution in [0.25, 0.3) is 0 Å².